The van der Waals surface area contributed by atoms with Crippen LogP contribution in [0.2, 0.25) is 0 Å². The molecule has 0 amide bonds. The minimum absolute atomic E-state index is 0.0125. The molecule has 4 aliphatic rings. The first-order chi connectivity index (χ1) is 11.4. The highest BCUT2D eigenvalue weighted by atomic mass is 16.5. The monoisotopic (exact) mass is 336 g/mol. The standard InChI is InChI=1S/C20H32O4/c1-15(21)5-3-7-23-19-10-17-9-18(11-19)13-20(12-17,14-19)24-8-4-6-16(2)22/h17-18H,3-14H2,1-2H3. The Morgan fingerprint density at radius 2 is 1.25 bits per heavy atom. The predicted octanol–water partition coefficient (Wildman–Crippen LogP) is 3.85. The lowest BCUT2D eigenvalue weighted by Crippen LogP contribution is -2.61. The van der Waals surface area contributed by atoms with Gasteiger partial charge in [-0.05, 0) is 70.6 Å². The van der Waals surface area contributed by atoms with Crippen LogP contribution in [0, 0.1) is 11.8 Å². The van der Waals surface area contributed by atoms with E-state index in [0.29, 0.717) is 26.1 Å². The quantitative estimate of drug-likeness (QED) is 0.569. The van der Waals surface area contributed by atoms with E-state index in [-0.39, 0.29) is 22.8 Å². The molecule has 0 saturated heterocycles. The van der Waals surface area contributed by atoms with E-state index in [2.05, 4.69) is 0 Å². The number of ketones is 2. The lowest BCUT2D eigenvalue weighted by Gasteiger charge is -2.61. The van der Waals surface area contributed by atoms with Gasteiger partial charge in [-0.3, -0.25) is 0 Å². The maximum atomic E-state index is 11.1. The number of hydrogen-bond acceptors (Lipinski definition) is 4. The van der Waals surface area contributed by atoms with E-state index in [1.165, 1.54) is 32.1 Å². The van der Waals surface area contributed by atoms with Gasteiger partial charge in [0.15, 0.2) is 0 Å². The highest BCUT2D eigenvalue weighted by molar-refractivity contribution is 5.75. The third-order valence-electron chi connectivity index (χ3n) is 6.12. The average molecular weight is 336 g/mol. The molecule has 4 rings (SSSR count). The number of carbonyl (C=O) groups excluding carboxylic acids is 2. The lowest BCUT2D eigenvalue weighted by atomic mass is 9.52. The van der Waals surface area contributed by atoms with Crippen molar-refractivity contribution >= 4 is 11.6 Å². The van der Waals surface area contributed by atoms with Crippen molar-refractivity contribution in [3.63, 3.8) is 0 Å². The first-order valence-electron chi connectivity index (χ1n) is 9.67. The second kappa shape index (κ2) is 7.25. The molecule has 0 heterocycles. The van der Waals surface area contributed by atoms with Gasteiger partial charge in [-0.1, -0.05) is 0 Å². The Morgan fingerprint density at radius 3 is 1.62 bits per heavy atom. The molecular weight excluding hydrogens is 304 g/mol. The van der Waals surface area contributed by atoms with Crippen molar-refractivity contribution in [3.8, 4) is 0 Å². The maximum absolute atomic E-state index is 11.1. The zero-order chi connectivity index (χ0) is 17.2. The van der Waals surface area contributed by atoms with E-state index in [1.807, 2.05) is 0 Å². The summed E-state index contributed by atoms with van der Waals surface area (Å²) in [5.74, 6) is 1.95. The largest absolute Gasteiger partial charge is 0.375 e. The molecule has 4 fully saturated rings. The van der Waals surface area contributed by atoms with Crippen molar-refractivity contribution in [2.75, 3.05) is 13.2 Å². The van der Waals surface area contributed by atoms with Gasteiger partial charge >= 0.3 is 0 Å². The molecule has 136 valence electrons. The zero-order valence-electron chi connectivity index (χ0n) is 15.3. The summed E-state index contributed by atoms with van der Waals surface area (Å²) in [4.78, 5) is 22.2. The first kappa shape index (κ1) is 18.1. The highest BCUT2D eigenvalue weighted by Crippen LogP contribution is 2.60. The molecule has 0 radical (unpaired) electrons. The highest BCUT2D eigenvalue weighted by Gasteiger charge is 2.59. The number of carbonyl (C=O) groups is 2. The minimum atomic E-state index is -0.0125. The molecule has 0 aromatic carbocycles. The molecule has 4 bridgehead atoms. The second-order valence-electron chi connectivity index (χ2n) is 8.64. The molecule has 0 N–H and O–H groups in total. The summed E-state index contributed by atoms with van der Waals surface area (Å²) in [5.41, 5.74) is -0.0249. The van der Waals surface area contributed by atoms with Crippen molar-refractivity contribution in [2.45, 2.75) is 89.3 Å². The van der Waals surface area contributed by atoms with Crippen LogP contribution < -0.4 is 0 Å². The fourth-order valence-electron chi connectivity index (χ4n) is 5.65. The molecule has 4 saturated carbocycles. The zero-order valence-corrected chi connectivity index (χ0v) is 15.3. The smallest absolute Gasteiger partial charge is 0.129 e. The summed E-state index contributed by atoms with van der Waals surface area (Å²) in [6, 6.07) is 0. The van der Waals surface area contributed by atoms with Crippen LogP contribution in [0.5, 0.6) is 0 Å². The summed E-state index contributed by atoms with van der Waals surface area (Å²) >= 11 is 0. The first-order valence-corrected chi connectivity index (χ1v) is 9.67. The summed E-state index contributed by atoms with van der Waals surface area (Å²) in [7, 11) is 0. The maximum Gasteiger partial charge on any atom is 0.129 e. The van der Waals surface area contributed by atoms with E-state index in [0.717, 1.165) is 31.1 Å². The van der Waals surface area contributed by atoms with Crippen LogP contribution in [-0.2, 0) is 19.1 Å². The Bertz CT molecular complexity index is 430. The molecule has 4 aliphatic carbocycles. The van der Waals surface area contributed by atoms with Crippen molar-refractivity contribution < 1.29 is 19.1 Å². The van der Waals surface area contributed by atoms with Gasteiger partial charge in [-0.25, -0.2) is 0 Å². The molecule has 0 unspecified atom stereocenters. The van der Waals surface area contributed by atoms with Gasteiger partial charge in [0, 0.05) is 32.5 Å². The number of Topliss-reactive ketones (excluding diaryl/α,β-unsaturated/α-hetero) is 2. The molecule has 4 heteroatoms. The van der Waals surface area contributed by atoms with Gasteiger partial charge in [0.25, 0.3) is 0 Å². The topological polar surface area (TPSA) is 52.6 Å². The molecule has 0 aromatic heterocycles. The van der Waals surface area contributed by atoms with E-state index < -0.39 is 0 Å². The van der Waals surface area contributed by atoms with Crippen LogP contribution in [0.25, 0.3) is 0 Å². The van der Waals surface area contributed by atoms with Crippen molar-refractivity contribution in [2.24, 2.45) is 11.8 Å². The molecule has 4 nitrogen and oxygen atoms in total. The summed E-state index contributed by atoms with van der Waals surface area (Å²) < 4.78 is 12.8. The van der Waals surface area contributed by atoms with Crippen molar-refractivity contribution in [1.82, 2.24) is 0 Å². The summed E-state index contributed by atoms with van der Waals surface area (Å²) in [5, 5.41) is 0. The van der Waals surface area contributed by atoms with E-state index >= 15 is 0 Å². The second-order valence-corrected chi connectivity index (χ2v) is 8.64. The van der Waals surface area contributed by atoms with Crippen molar-refractivity contribution in [3.05, 3.63) is 0 Å². The van der Waals surface area contributed by atoms with Crippen LogP contribution >= 0.6 is 0 Å². The molecule has 0 atom stereocenters. The van der Waals surface area contributed by atoms with Crippen LogP contribution in [0.4, 0.5) is 0 Å². The van der Waals surface area contributed by atoms with Crippen LogP contribution in [0.15, 0.2) is 0 Å². The third kappa shape index (κ3) is 4.26. The Morgan fingerprint density at radius 1 is 0.833 bits per heavy atom. The van der Waals surface area contributed by atoms with Crippen molar-refractivity contribution in [1.29, 1.82) is 0 Å². The van der Waals surface area contributed by atoms with Gasteiger partial charge in [-0.15, -0.1) is 0 Å². The molecule has 0 aromatic rings. The average Bonchev–Trinajstić information content (AvgIpc) is 2.46. The SMILES string of the molecule is CC(=O)CCCOC12CC3CC(C1)CC(OCCCC(C)=O)(C3)C2. The van der Waals surface area contributed by atoms with Gasteiger partial charge in [0.05, 0.1) is 11.2 Å². The van der Waals surface area contributed by atoms with Gasteiger partial charge < -0.3 is 19.1 Å². The molecular formula is C20H32O4. The Kier molecular flexibility index (Phi) is 5.45. The van der Waals surface area contributed by atoms with Gasteiger partial charge in [0.2, 0.25) is 0 Å². The third-order valence-corrected chi connectivity index (χ3v) is 6.12. The van der Waals surface area contributed by atoms with Gasteiger partial charge in [0.1, 0.15) is 11.6 Å². The number of rotatable bonds is 10. The van der Waals surface area contributed by atoms with Crippen LogP contribution in [0.1, 0.15) is 78.1 Å². The number of hydrogen-bond donors (Lipinski definition) is 0. The Balaban J connectivity index is 1.55. The van der Waals surface area contributed by atoms with E-state index in [9.17, 15) is 9.59 Å². The molecule has 0 spiro atoms. The van der Waals surface area contributed by atoms with E-state index in [4.69, 9.17) is 9.47 Å². The normalized spacial score (nSPS) is 36.9. The van der Waals surface area contributed by atoms with Gasteiger partial charge in [-0.2, -0.15) is 0 Å². The minimum Gasteiger partial charge on any atom is -0.375 e. The van der Waals surface area contributed by atoms with Crippen LogP contribution in [-0.4, -0.2) is 36.0 Å². The predicted molar refractivity (Wildman–Crippen MR) is 91.9 cm³/mol. The summed E-state index contributed by atoms with van der Waals surface area (Å²) in [6.07, 6.45) is 9.92. The lowest BCUT2D eigenvalue weighted by molar-refractivity contribution is -0.237. The van der Waals surface area contributed by atoms with Crippen LogP contribution in [0.3, 0.4) is 0 Å². The summed E-state index contributed by atoms with van der Waals surface area (Å²) in [6.45, 7) is 4.68. The van der Waals surface area contributed by atoms with E-state index in [1.54, 1.807) is 13.8 Å². The Labute approximate surface area is 145 Å². The fourth-order valence-corrected chi connectivity index (χ4v) is 5.65. The fraction of sp³-hybridized carbons (Fsp3) is 0.900. The number of ether oxygens (including phenoxy) is 2. The molecule has 24 heavy (non-hydrogen) atoms. The molecule has 0 aliphatic heterocycles. The Hall–Kier alpha value is -0.740.